The van der Waals surface area contributed by atoms with Crippen molar-refractivity contribution in [2.75, 3.05) is 33.7 Å². The molecular weight excluding hydrogens is 442 g/mol. The van der Waals surface area contributed by atoms with Gasteiger partial charge >= 0.3 is 12.1 Å². The summed E-state index contributed by atoms with van der Waals surface area (Å²) in [4.78, 5) is 29.1. The molecule has 2 N–H and O–H groups in total. The van der Waals surface area contributed by atoms with Crippen LogP contribution in [-0.2, 0) is 20.6 Å². The van der Waals surface area contributed by atoms with E-state index in [9.17, 15) is 9.59 Å². The summed E-state index contributed by atoms with van der Waals surface area (Å²) >= 11 is 0. The van der Waals surface area contributed by atoms with Crippen molar-refractivity contribution < 1.29 is 28.5 Å². The Kier molecular flexibility index (Phi) is 6.64. The lowest BCUT2D eigenvalue weighted by atomic mass is 10.1. The van der Waals surface area contributed by atoms with Crippen molar-refractivity contribution in [3.8, 4) is 5.75 Å². The third-order valence-electron chi connectivity index (χ3n) is 5.62. The number of fused-ring (bicyclic) bond motifs is 2. The lowest BCUT2D eigenvalue weighted by Gasteiger charge is -2.16. The first-order chi connectivity index (χ1) is 16.5. The Balaban J connectivity index is 1.46. The molecule has 3 aromatic heterocycles. The van der Waals surface area contributed by atoms with E-state index >= 15 is 0 Å². The molecule has 0 aliphatic heterocycles. The maximum atomic E-state index is 12.9. The number of ether oxygens (including phenoxy) is 4. The number of methoxy groups -OCH3 is 3. The summed E-state index contributed by atoms with van der Waals surface area (Å²) in [5.74, 6) is 0.387. The van der Waals surface area contributed by atoms with E-state index in [0.29, 0.717) is 35.3 Å². The van der Waals surface area contributed by atoms with E-state index in [1.54, 1.807) is 29.8 Å². The molecule has 11 nitrogen and oxygen atoms in total. The quantitative estimate of drug-likeness (QED) is 0.388. The molecule has 0 spiro atoms. The summed E-state index contributed by atoms with van der Waals surface area (Å²) in [6.07, 6.45) is 3.02. The summed E-state index contributed by atoms with van der Waals surface area (Å²) in [5, 5.41) is 4.75. The van der Waals surface area contributed by atoms with Crippen LogP contribution >= 0.6 is 0 Å². The van der Waals surface area contributed by atoms with E-state index in [-0.39, 0.29) is 18.3 Å². The molecule has 0 saturated heterocycles. The Morgan fingerprint density at radius 2 is 1.91 bits per heavy atom. The summed E-state index contributed by atoms with van der Waals surface area (Å²) in [6, 6.07) is 8.83. The number of aryl methyl sites for hydroxylation is 1. The van der Waals surface area contributed by atoms with Gasteiger partial charge in [-0.3, -0.25) is 4.57 Å². The highest BCUT2D eigenvalue weighted by Crippen LogP contribution is 2.27. The van der Waals surface area contributed by atoms with Gasteiger partial charge in [-0.1, -0.05) is 0 Å². The summed E-state index contributed by atoms with van der Waals surface area (Å²) in [5.41, 5.74) is 8.28. The molecule has 0 aliphatic rings. The fourth-order valence-electron chi connectivity index (χ4n) is 3.77. The van der Waals surface area contributed by atoms with Crippen LogP contribution < -0.4 is 10.5 Å². The SMILES string of the molecule is COC(=O)c1cn(C(=O)OCC(CCc2ccc3c(N)ncnn23)OC)c2ccc(OC)cc12. The molecule has 0 saturated carbocycles. The van der Waals surface area contributed by atoms with Crippen LogP contribution in [0.2, 0.25) is 0 Å². The second-order valence-corrected chi connectivity index (χ2v) is 7.53. The molecule has 178 valence electrons. The number of nitrogens with zero attached hydrogens (tertiary/aromatic N) is 4. The number of carbonyl (C=O) groups is 2. The Morgan fingerprint density at radius 1 is 1.12 bits per heavy atom. The summed E-state index contributed by atoms with van der Waals surface area (Å²) in [7, 11) is 4.36. The molecule has 0 radical (unpaired) electrons. The first-order valence-electron chi connectivity index (χ1n) is 10.5. The zero-order chi connectivity index (χ0) is 24.2. The van der Waals surface area contributed by atoms with E-state index in [0.717, 1.165) is 11.2 Å². The van der Waals surface area contributed by atoms with Crippen molar-refractivity contribution in [1.82, 2.24) is 19.2 Å². The molecule has 3 heterocycles. The van der Waals surface area contributed by atoms with Crippen molar-refractivity contribution in [1.29, 1.82) is 0 Å². The fraction of sp³-hybridized carbons (Fsp3) is 0.304. The fourth-order valence-corrected chi connectivity index (χ4v) is 3.77. The predicted octanol–water partition coefficient (Wildman–Crippen LogP) is 2.69. The second-order valence-electron chi connectivity index (χ2n) is 7.53. The third kappa shape index (κ3) is 4.37. The predicted molar refractivity (Wildman–Crippen MR) is 123 cm³/mol. The average molecular weight is 467 g/mol. The third-order valence-corrected chi connectivity index (χ3v) is 5.62. The first kappa shape index (κ1) is 23.1. The van der Waals surface area contributed by atoms with Crippen LogP contribution in [0.25, 0.3) is 16.4 Å². The van der Waals surface area contributed by atoms with Crippen LogP contribution in [0, 0.1) is 0 Å². The highest BCUT2D eigenvalue weighted by molar-refractivity contribution is 6.07. The van der Waals surface area contributed by atoms with Gasteiger partial charge in [0, 0.05) is 24.4 Å². The highest BCUT2D eigenvalue weighted by Gasteiger charge is 2.21. The van der Waals surface area contributed by atoms with Crippen molar-refractivity contribution in [3.05, 3.63) is 54.1 Å². The van der Waals surface area contributed by atoms with E-state index in [1.165, 1.54) is 31.3 Å². The molecule has 0 aliphatic carbocycles. The van der Waals surface area contributed by atoms with Gasteiger partial charge in [-0.15, -0.1) is 0 Å². The van der Waals surface area contributed by atoms with Crippen molar-refractivity contribution >= 4 is 34.3 Å². The molecule has 4 aromatic rings. The van der Waals surface area contributed by atoms with Gasteiger partial charge in [0.15, 0.2) is 5.82 Å². The zero-order valence-corrected chi connectivity index (χ0v) is 19.1. The molecule has 0 fully saturated rings. The normalized spacial score (nSPS) is 12.1. The topological polar surface area (TPSA) is 132 Å². The summed E-state index contributed by atoms with van der Waals surface area (Å²) < 4.78 is 24.1. The Labute approximate surface area is 195 Å². The van der Waals surface area contributed by atoms with Gasteiger partial charge in [0.25, 0.3) is 0 Å². The zero-order valence-electron chi connectivity index (χ0n) is 19.1. The van der Waals surface area contributed by atoms with Gasteiger partial charge in [0.1, 0.15) is 24.2 Å². The van der Waals surface area contributed by atoms with Gasteiger partial charge in [-0.05, 0) is 43.2 Å². The van der Waals surface area contributed by atoms with E-state index < -0.39 is 12.1 Å². The van der Waals surface area contributed by atoms with Gasteiger partial charge in [0.2, 0.25) is 0 Å². The number of benzene rings is 1. The number of hydrogen-bond acceptors (Lipinski definition) is 9. The number of hydrogen-bond donors (Lipinski definition) is 1. The molecule has 11 heteroatoms. The minimum Gasteiger partial charge on any atom is -0.497 e. The van der Waals surface area contributed by atoms with E-state index in [2.05, 4.69) is 10.1 Å². The smallest absolute Gasteiger partial charge is 0.418 e. The van der Waals surface area contributed by atoms with E-state index in [1.807, 2.05) is 12.1 Å². The van der Waals surface area contributed by atoms with Crippen LogP contribution in [-0.4, -0.2) is 65.3 Å². The largest absolute Gasteiger partial charge is 0.497 e. The van der Waals surface area contributed by atoms with Crippen molar-refractivity contribution in [2.45, 2.75) is 18.9 Å². The Hall–Kier alpha value is -4.12. The number of anilines is 1. The molecule has 1 atom stereocenters. The average Bonchev–Trinajstić information content (AvgIpc) is 3.45. The lowest BCUT2D eigenvalue weighted by Crippen LogP contribution is -2.24. The maximum absolute atomic E-state index is 12.9. The first-order valence-corrected chi connectivity index (χ1v) is 10.5. The molecular formula is C23H25N5O6. The Morgan fingerprint density at radius 3 is 2.65 bits per heavy atom. The number of nitrogens with two attached hydrogens (primary N) is 1. The molecule has 0 amide bonds. The van der Waals surface area contributed by atoms with Crippen LogP contribution in [0.15, 0.2) is 42.9 Å². The van der Waals surface area contributed by atoms with Gasteiger partial charge in [-0.25, -0.2) is 19.1 Å². The van der Waals surface area contributed by atoms with Crippen LogP contribution in [0.5, 0.6) is 5.75 Å². The molecule has 0 bridgehead atoms. The second kappa shape index (κ2) is 9.79. The molecule has 4 rings (SSSR count). The van der Waals surface area contributed by atoms with E-state index in [4.69, 9.17) is 24.7 Å². The Bertz CT molecular complexity index is 1340. The molecule has 1 unspecified atom stereocenters. The standard InChI is InChI=1S/C23H25N5O6/c1-31-15-7-9-19-17(10-15)18(22(29)33-3)11-27(19)23(30)34-12-16(32-2)6-4-14-5-8-20-21(24)25-13-26-28(14)20/h5,7-11,13,16H,4,6,12H2,1-3H3,(H2,24,25,26). The van der Waals surface area contributed by atoms with Crippen molar-refractivity contribution in [2.24, 2.45) is 0 Å². The minimum absolute atomic E-state index is 0.0269. The maximum Gasteiger partial charge on any atom is 0.418 e. The van der Waals surface area contributed by atoms with Gasteiger partial charge in [0.05, 0.1) is 31.4 Å². The number of aromatic nitrogens is 4. The van der Waals surface area contributed by atoms with Gasteiger partial charge in [-0.2, -0.15) is 5.10 Å². The molecule has 1 aromatic carbocycles. The number of carbonyl (C=O) groups excluding carboxylic acids is 2. The minimum atomic E-state index is -0.638. The van der Waals surface area contributed by atoms with Gasteiger partial charge < -0.3 is 24.7 Å². The number of nitrogen functional groups attached to an aromatic ring is 1. The number of rotatable bonds is 8. The van der Waals surface area contributed by atoms with Crippen molar-refractivity contribution in [3.63, 3.8) is 0 Å². The van der Waals surface area contributed by atoms with Crippen LogP contribution in [0.1, 0.15) is 22.5 Å². The summed E-state index contributed by atoms with van der Waals surface area (Å²) in [6.45, 7) is 0.0269. The van der Waals surface area contributed by atoms with Crippen LogP contribution in [0.3, 0.4) is 0 Å². The lowest BCUT2D eigenvalue weighted by molar-refractivity contribution is 0.0311. The number of esters is 1. The van der Waals surface area contributed by atoms with Crippen LogP contribution in [0.4, 0.5) is 10.6 Å². The molecule has 34 heavy (non-hydrogen) atoms. The highest BCUT2D eigenvalue weighted by atomic mass is 16.6. The monoisotopic (exact) mass is 467 g/mol.